The number of ether oxygens (including phenoxy) is 2. The van der Waals surface area contributed by atoms with Crippen LogP contribution in [0, 0.1) is 0 Å². The van der Waals surface area contributed by atoms with Crippen molar-refractivity contribution in [2.75, 3.05) is 13.2 Å². The highest BCUT2D eigenvalue weighted by Crippen LogP contribution is 2.23. The van der Waals surface area contributed by atoms with Crippen LogP contribution in [-0.4, -0.2) is 87.5 Å². The number of unbranched alkanes of at least 4 members (excludes halogenated alkanes) is 22. The van der Waals surface area contributed by atoms with Gasteiger partial charge in [0.2, 0.25) is 5.91 Å². The van der Waals surface area contributed by atoms with Gasteiger partial charge in [0.05, 0.1) is 25.4 Å². The highest BCUT2D eigenvalue weighted by molar-refractivity contribution is 5.76. The van der Waals surface area contributed by atoms with Crippen LogP contribution < -0.4 is 5.32 Å². The molecule has 1 aliphatic heterocycles. The number of aliphatic hydroxyl groups is 5. The van der Waals surface area contributed by atoms with E-state index in [1.807, 2.05) is 6.08 Å². The summed E-state index contributed by atoms with van der Waals surface area (Å²) in [5.74, 6) is -0.234. The highest BCUT2D eigenvalue weighted by atomic mass is 16.7. The van der Waals surface area contributed by atoms with Crippen molar-refractivity contribution in [2.45, 2.75) is 301 Å². The van der Waals surface area contributed by atoms with Crippen LogP contribution in [0.4, 0.5) is 0 Å². The molecule has 1 heterocycles. The summed E-state index contributed by atoms with van der Waals surface area (Å²) >= 11 is 0. The molecule has 1 rings (SSSR count). The summed E-state index contributed by atoms with van der Waals surface area (Å²) in [4.78, 5) is 13.1. The number of amides is 1. The lowest BCUT2D eigenvalue weighted by Gasteiger charge is -2.40. The van der Waals surface area contributed by atoms with E-state index in [-0.39, 0.29) is 18.9 Å². The van der Waals surface area contributed by atoms with Gasteiger partial charge in [-0.05, 0) is 122 Å². The summed E-state index contributed by atoms with van der Waals surface area (Å²) in [5, 5.41) is 54.7. The minimum Gasteiger partial charge on any atom is -0.394 e. The van der Waals surface area contributed by atoms with Crippen molar-refractivity contribution in [3.8, 4) is 0 Å². The van der Waals surface area contributed by atoms with Gasteiger partial charge >= 0.3 is 0 Å². The fourth-order valence-corrected chi connectivity index (χ4v) is 9.86. The zero-order valence-corrected chi connectivity index (χ0v) is 55.0. The van der Waals surface area contributed by atoms with Gasteiger partial charge in [-0.15, -0.1) is 0 Å². The highest BCUT2D eigenvalue weighted by Gasteiger charge is 2.44. The Morgan fingerprint density at radius 1 is 0.402 bits per heavy atom. The molecule has 0 aromatic carbocycles. The van der Waals surface area contributed by atoms with E-state index in [1.165, 1.54) is 122 Å². The Labute approximate surface area is 532 Å². The maximum Gasteiger partial charge on any atom is 0.220 e. The minimum absolute atomic E-state index is 0.229. The van der Waals surface area contributed by atoms with Gasteiger partial charge in [-0.1, -0.05) is 300 Å². The molecular weight excluding hydrogens is 1080 g/mol. The lowest BCUT2D eigenvalue weighted by molar-refractivity contribution is -0.302. The van der Waals surface area contributed by atoms with Gasteiger partial charge < -0.3 is 40.3 Å². The van der Waals surface area contributed by atoms with Gasteiger partial charge in [-0.2, -0.15) is 0 Å². The minimum atomic E-state index is -1.59. The third-order valence-electron chi connectivity index (χ3n) is 15.3. The first kappa shape index (κ1) is 80.6. The van der Waals surface area contributed by atoms with Crippen molar-refractivity contribution in [3.05, 3.63) is 170 Å². The van der Waals surface area contributed by atoms with Crippen molar-refractivity contribution < 1.29 is 39.8 Å². The Morgan fingerprint density at radius 2 is 0.724 bits per heavy atom. The van der Waals surface area contributed by atoms with Crippen LogP contribution in [-0.2, 0) is 14.3 Å². The summed E-state index contributed by atoms with van der Waals surface area (Å²) in [6.45, 7) is 3.63. The standard InChI is InChI=1S/C78H127NO8/c1-3-5-7-9-11-13-15-17-19-21-23-25-27-29-30-31-32-33-34-35-36-37-38-39-40-41-42-44-46-48-50-52-54-56-58-60-62-64-66-68-74(82)79-71(70-86-78-77(85)76(84)75(83)73(69-80)87-78)72(81)67-65-63-61-59-57-55-53-51-49-47-45-43-28-26-24-22-20-18-16-14-12-10-8-6-4-2/h5,7,11,13,17,19,23,25,29-30,32-33,35-36,38-39,41-42,46,48,52,54,57-60,65,67,71-73,75-78,80-81,83-85H,3-4,6,8-10,12,14-16,18,20-22,24,26-28,31,34,37,40,43-45,47,49-51,53,55-56,61-64,66,68-70H2,1-2H3,(H,79,82)/b7-5-,13-11-,19-17-,25-23-,30-29-,33-32-,36-35-,39-38-,42-41-,48-46-,54-52-,59-57+,60-58-,67-65+. The van der Waals surface area contributed by atoms with Gasteiger partial charge in [0, 0.05) is 6.42 Å². The Morgan fingerprint density at radius 3 is 1.10 bits per heavy atom. The summed E-state index contributed by atoms with van der Waals surface area (Å²) in [6, 6.07) is -0.860. The molecule has 1 amide bonds. The first-order valence-corrected chi connectivity index (χ1v) is 34.9. The molecule has 0 aliphatic carbocycles. The van der Waals surface area contributed by atoms with Crippen LogP contribution in [0.5, 0.6) is 0 Å². The molecule has 1 aliphatic rings. The summed E-state index contributed by atoms with van der Waals surface area (Å²) in [5.41, 5.74) is 0. The van der Waals surface area contributed by atoms with Crippen LogP contribution in [0.15, 0.2) is 170 Å². The number of nitrogens with one attached hydrogen (secondary N) is 1. The van der Waals surface area contributed by atoms with Gasteiger partial charge in [0.1, 0.15) is 24.4 Å². The quantitative estimate of drug-likeness (QED) is 0.0261. The molecule has 6 N–H and O–H groups in total. The smallest absolute Gasteiger partial charge is 0.220 e. The lowest BCUT2D eigenvalue weighted by atomic mass is 9.99. The molecule has 0 radical (unpaired) electrons. The number of rotatable bonds is 58. The molecule has 9 heteroatoms. The zero-order valence-electron chi connectivity index (χ0n) is 55.0. The fourth-order valence-electron chi connectivity index (χ4n) is 9.86. The Hall–Kier alpha value is -4.45. The SMILES string of the molecule is CC/C=C\C/C=C\C/C=C\C/C=C\C/C=C\C/C=C\C/C=C\C/C=C\C/C=C\C/C=C\C/C=C\C/C=C\CCCCC(=O)NC(COC1OC(CO)C(O)C(O)C1O)C(O)/C=C/CC/C=C/CCCCCCCCCCCCCCCCCCCCC. The van der Waals surface area contributed by atoms with Crippen molar-refractivity contribution >= 4 is 5.91 Å². The monoisotopic (exact) mass is 1210 g/mol. The Kier molecular flexibility index (Phi) is 59.8. The molecule has 9 nitrogen and oxygen atoms in total. The number of hydrogen-bond donors (Lipinski definition) is 6. The topological polar surface area (TPSA) is 149 Å². The van der Waals surface area contributed by atoms with Crippen LogP contribution in [0.2, 0.25) is 0 Å². The molecule has 0 spiro atoms. The van der Waals surface area contributed by atoms with Crippen LogP contribution in [0.3, 0.4) is 0 Å². The molecule has 0 saturated carbocycles. The maximum absolute atomic E-state index is 13.1. The summed E-state index contributed by atoms with van der Waals surface area (Å²) in [7, 11) is 0. The number of allylic oxidation sites excluding steroid dienone is 27. The molecule has 492 valence electrons. The molecule has 0 bridgehead atoms. The number of hydrogen-bond acceptors (Lipinski definition) is 8. The summed E-state index contributed by atoms with van der Waals surface area (Å²) < 4.78 is 11.3. The van der Waals surface area contributed by atoms with Gasteiger partial charge in [0.25, 0.3) is 0 Å². The normalized spacial score (nSPS) is 19.1. The largest absolute Gasteiger partial charge is 0.394 e. The molecule has 0 aromatic rings. The van der Waals surface area contributed by atoms with E-state index in [2.05, 4.69) is 177 Å². The average molecular weight is 1210 g/mol. The summed E-state index contributed by atoms with van der Waals surface area (Å²) in [6.07, 6.45) is 95.9. The van der Waals surface area contributed by atoms with Crippen molar-refractivity contribution in [2.24, 2.45) is 0 Å². The second-order valence-electron chi connectivity index (χ2n) is 23.2. The average Bonchev–Trinajstić information content (AvgIpc) is 3.38. The van der Waals surface area contributed by atoms with E-state index in [0.717, 1.165) is 109 Å². The zero-order chi connectivity index (χ0) is 62.8. The number of carbonyl (C=O) groups excluding carboxylic acids is 1. The Balaban J connectivity index is 2.24. The van der Waals surface area contributed by atoms with E-state index < -0.39 is 49.5 Å². The maximum atomic E-state index is 13.1. The van der Waals surface area contributed by atoms with Gasteiger partial charge in [0.15, 0.2) is 6.29 Å². The molecule has 87 heavy (non-hydrogen) atoms. The van der Waals surface area contributed by atoms with E-state index in [4.69, 9.17) is 9.47 Å². The number of carbonyl (C=O) groups is 1. The third-order valence-corrected chi connectivity index (χ3v) is 15.3. The Bertz CT molecular complexity index is 1980. The predicted molar refractivity (Wildman–Crippen MR) is 372 cm³/mol. The van der Waals surface area contributed by atoms with E-state index >= 15 is 0 Å². The number of aliphatic hydroxyl groups excluding tert-OH is 5. The second-order valence-corrected chi connectivity index (χ2v) is 23.2. The van der Waals surface area contributed by atoms with E-state index in [9.17, 15) is 30.3 Å². The fraction of sp³-hybridized carbons (Fsp3) is 0.628. The molecular formula is C78H127NO8. The molecule has 7 atom stereocenters. The molecule has 7 unspecified atom stereocenters. The molecule has 1 fully saturated rings. The van der Waals surface area contributed by atoms with Crippen LogP contribution in [0.1, 0.15) is 258 Å². The van der Waals surface area contributed by atoms with E-state index in [0.29, 0.717) is 6.42 Å². The van der Waals surface area contributed by atoms with Crippen molar-refractivity contribution in [3.63, 3.8) is 0 Å². The predicted octanol–water partition coefficient (Wildman–Crippen LogP) is 19.3. The first-order chi connectivity index (χ1) is 42.8. The third kappa shape index (κ3) is 53.1. The van der Waals surface area contributed by atoms with Crippen LogP contribution in [0.25, 0.3) is 0 Å². The van der Waals surface area contributed by atoms with Gasteiger partial charge in [-0.3, -0.25) is 4.79 Å². The van der Waals surface area contributed by atoms with Crippen molar-refractivity contribution in [1.29, 1.82) is 0 Å². The first-order valence-electron chi connectivity index (χ1n) is 34.9. The van der Waals surface area contributed by atoms with Crippen molar-refractivity contribution in [1.82, 2.24) is 5.32 Å². The second kappa shape index (κ2) is 64.5. The lowest BCUT2D eigenvalue weighted by Crippen LogP contribution is -2.60. The molecule has 0 aromatic heterocycles. The van der Waals surface area contributed by atoms with E-state index in [1.54, 1.807) is 6.08 Å². The molecule has 1 saturated heterocycles. The van der Waals surface area contributed by atoms with Gasteiger partial charge in [-0.25, -0.2) is 0 Å². The van der Waals surface area contributed by atoms with Crippen LogP contribution >= 0.6 is 0 Å².